The van der Waals surface area contributed by atoms with E-state index in [0.29, 0.717) is 24.3 Å². The maximum atomic E-state index is 12.9. The molecule has 0 saturated carbocycles. The van der Waals surface area contributed by atoms with Gasteiger partial charge in [0.1, 0.15) is 11.4 Å². The summed E-state index contributed by atoms with van der Waals surface area (Å²) in [5.74, 6) is 0.0790. The van der Waals surface area contributed by atoms with E-state index in [0.717, 1.165) is 18.8 Å². The van der Waals surface area contributed by atoms with Crippen molar-refractivity contribution in [3.8, 4) is 11.1 Å². The fourth-order valence-corrected chi connectivity index (χ4v) is 3.72. The van der Waals surface area contributed by atoms with Gasteiger partial charge in [0.25, 0.3) is 5.91 Å². The van der Waals surface area contributed by atoms with Crippen LogP contribution in [-0.4, -0.2) is 47.0 Å². The van der Waals surface area contributed by atoms with Gasteiger partial charge in [-0.3, -0.25) is 4.79 Å². The Morgan fingerprint density at radius 3 is 2.28 bits per heavy atom. The molecule has 0 spiro atoms. The zero-order valence-electron chi connectivity index (χ0n) is 16.4. The summed E-state index contributed by atoms with van der Waals surface area (Å²) in [6.07, 6.45) is 0. The summed E-state index contributed by atoms with van der Waals surface area (Å²) in [7, 11) is 0. The predicted molar refractivity (Wildman–Crippen MR) is 116 cm³/mol. The maximum Gasteiger partial charge on any atom is 0.259 e. The third kappa shape index (κ3) is 3.85. The SMILES string of the molecule is Cc1nc(N)nc(N)c1C(=O)N1CCN(c2cccc(-c3ccccc3)c2)CC1. The van der Waals surface area contributed by atoms with E-state index in [1.165, 1.54) is 11.1 Å². The van der Waals surface area contributed by atoms with Crippen LogP contribution in [-0.2, 0) is 0 Å². The van der Waals surface area contributed by atoms with Crippen molar-refractivity contribution < 1.29 is 4.79 Å². The van der Waals surface area contributed by atoms with Crippen molar-refractivity contribution in [1.29, 1.82) is 0 Å². The molecule has 1 aliphatic rings. The van der Waals surface area contributed by atoms with E-state index in [4.69, 9.17) is 11.5 Å². The number of aromatic nitrogens is 2. The van der Waals surface area contributed by atoms with Crippen LogP contribution in [0.1, 0.15) is 16.1 Å². The molecule has 0 aliphatic carbocycles. The first-order valence-electron chi connectivity index (χ1n) is 9.62. The van der Waals surface area contributed by atoms with Crippen LogP contribution in [0.5, 0.6) is 0 Å². The number of carbonyl (C=O) groups excluding carboxylic acids is 1. The fourth-order valence-electron chi connectivity index (χ4n) is 3.72. The molecular formula is C22H24N6O. The summed E-state index contributed by atoms with van der Waals surface area (Å²) in [5, 5.41) is 0. The molecule has 7 heteroatoms. The molecule has 0 radical (unpaired) electrons. The normalized spacial score (nSPS) is 14.1. The number of hydrogen-bond acceptors (Lipinski definition) is 6. The van der Waals surface area contributed by atoms with Crippen LogP contribution in [0.15, 0.2) is 54.6 Å². The van der Waals surface area contributed by atoms with Gasteiger partial charge in [-0.25, -0.2) is 4.98 Å². The molecule has 3 aromatic rings. The van der Waals surface area contributed by atoms with Crippen LogP contribution in [0.25, 0.3) is 11.1 Å². The average molecular weight is 388 g/mol. The Balaban J connectivity index is 1.47. The number of amides is 1. The van der Waals surface area contributed by atoms with E-state index in [1.54, 1.807) is 11.8 Å². The van der Waals surface area contributed by atoms with Crippen LogP contribution in [0, 0.1) is 6.92 Å². The molecule has 148 valence electrons. The standard InChI is InChI=1S/C22H24N6O/c1-15-19(20(23)26-22(24)25-15)21(29)28-12-10-27(11-13-28)18-9-5-8-17(14-18)16-6-3-2-4-7-16/h2-9,14H,10-13H2,1H3,(H4,23,24,25,26). The van der Waals surface area contributed by atoms with Gasteiger partial charge in [-0.05, 0) is 30.2 Å². The number of rotatable bonds is 3. The first-order chi connectivity index (χ1) is 14.0. The van der Waals surface area contributed by atoms with Crippen LogP contribution in [0.4, 0.5) is 17.5 Å². The minimum atomic E-state index is -0.141. The molecule has 2 heterocycles. The van der Waals surface area contributed by atoms with Gasteiger partial charge < -0.3 is 21.3 Å². The van der Waals surface area contributed by atoms with Crippen molar-refractivity contribution >= 4 is 23.4 Å². The lowest BCUT2D eigenvalue weighted by atomic mass is 10.0. The summed E-state index contributed by atoms with van der Waals surface area (Å²) in [6, 6.07) is 18.8. The molecule has 0 unspecified atom stereocenters. The lowest BCUT2D eigenvalue weighted by molar-refractivity contribution is 0.0746. The summed E-state index contributed by atoms with van der Waals surface area (Å²) in [4.78, 5) is 25.1. The van der Waals surface area contributed by atoms with E-state index < -0.39 is 0 Å². The molecule has 0 atom stereocenters. The van der Waals surface area contributed by atoms with Gasteiger partial charge in [-0.2, -0.15) is 4.98 Å². The number of aryl methyl sites for hydroxylation is 1. The molecule has 1 amide bonds. The van der Waals surface area contributed by atoms with Crippen molar-refractivity contribution in [2.24, 2.45) is 0 Å². The number of piperazine rings is 1. The number of nitrogen functional groups attached to an aromatic ring is 2. The topological polar surface area (TPSA) is 101 Å². The van der Waals surface area contributed by atoms with Crippen LogP contribution in [0.3, 0.4) is 0 Å². The molecule has 1 saturated heterocycles. The van der Waals surface area contributed by atoms with Crippen molar-refractivity contribution in [3.05, 3.63) is 65.9 Å². The Morgan fingerprint density at radius 1 is 0.897 bits per heavy atom. The van der Waals surface area contributed by atoms with Crippen LogP contribution >= 0.6 is 0 Å². The number of nitrogens with zero attached hydrogens (tertiary/aromatic N) is 4. The summed E-state index contributed by atoms with van der Waals surface area (Å²) >= 11 is 0. The molecule has 7 nitrogen and oxygen atoms in total. The molecule has 2 aromatic carbocycles. The molecule has 4 rings (SSSR count). The second-order valence-electron chi connectivity index (χ2n) is 7.12. The Kier molecular flexibility index (Phi) is 5.03. The number of anilines is 3. The fraction of sp³-hybridized carbons (Fsp3) is 0.227. The predicted octanol–water partition coefficient (Wildman–Crippen LogP) is 2.58. The van der Waals surface area contributed by atoms with Gasteiger partial charge in [-0.15, -0.1) is 0 Å². The quantitative estimate of drug-likeness (QED) is 0.715. The minimum absolute atomic E-state index is 0.0830. The average Bonchev–Trinajstić information content (AvgIpc) is 2.74. The maximum absolute atomic E-state index is 12.9. The molecule has 1 aromatic heterocycles. The minimum Gasteiger partial charge on any atom is -0.383 e. The molecule has 4 N–H and O–H groups in total. The third-order valence-electron chi connectivity index (χ3n) is 5.23. The van der Waals surface area contributed by atoms with Gasteiger partial charge in [0.05, 0.1) is 5.69 Å². The highest BCUT2D eigenvalue weighted by Gasteiger charge is 2.26. The monoisotopic (exact) mass is 388 g/mol. The Labute approximate surface area is 170 Å². The van der Waals surface area contributed by atoms with E-state index in [-0.39, 0.29) is 17.7 Å². The Hall–Kier alpha value is -3.61. The highest BCUT2D eigenvalue weighted by molar-refractivity contribution is 5.99. The van der Waals surface area contributed by atoms with Crippen molar-refractivity contribution in [1.82, 2.24) is 14.9 Å². The van der Waals surface area contributed by atoms with E-state index >= 15 is 0 Å². The lowest BCUT2D eigenvalue weighted by Gasteiger charge is -2.36. The van der Waals surface area contributed by atoms with Crippen LogP contribution < -0.4 is 16.4 Å². The summed E-state index contributed by atoms with van der Waals surface area (Å²) in [6.45, 7) is 4.44. The van der Waals surface area contributed by atoms with Gasteiger partial charge in [0.15, 0.2) is 0 Å². The highest BCUT2D eigenvalue weighted by atomic mass is 16.2. The number of hydrogen-bond donors (Lipinski definition) is 2. The van der Waals surface area contributed by atoms with Crippen molar-refractivity contribution in [2.75, 3.05) is 42.5 Å². The second-order valence-corrected chi connectivity index (χ2v) is 7.12. The van der Waals surface area contributed by atoms with Crippen LogP contribution in [0.2, 0.25) is 0 Å². The smallest absolute Gasteiger partial charge is 0.259 e. The Morgan fingerprint density at radius 2 is 1.59 bits per heavy atom. The first-order valence-corrected chi connectivity index (χ1v) is 9.62. The van der Waals surface area contributed by atoms with Crippen molar-refractivity contribution in [3.63, 3.8) is 0 Å². The lowest BCUT2D eigenvalue weighted by Crippen LogP contribution is -2.49. The van der Waals surface area contributed by atoms with E-state index in [1.807, 2.05) is 18.2 Å². The highest BCUT2D eigenvalue weighted by Crippen LogP contribution is 2.26. The first kappa shape index (κ1) is 18.7. The number of nitrogens with two attached hydrogens (primary N) is 2. The molecule has 1 fully saturated rings. The second kappa shape index (κ2) is 7.79. The summed E-state index contributed by atoms with van der Waals surface area (Å²) < 4.78 is 0. The zero-order chi connectivity index (χ0) is 20.4. The van der Waals surface area contributed by atoms with Crippen molar-refractivity contribution in [2.45, 2.75) is 6.92 Å². The molecule has 1 aliphatic heterocycles. The third-order valence-corrected chi connectivity index (χ3v) is 5.23. The number of benzene rings is 2. The number of carbonyl (C=O) groups is 1. The van der Waals surface area contributed by atoms with Gasteiger partial charge in [0.2, 0.25) is 5.95 Å². The molecule has 29 heavy (non-hydrogen) atoms. The van der Waals surface area contributed by atoms with Gasteiger partial charge in [-0.1, -0.05) is 42.5 Å². The molecule has 0 bridgehead atoms. The molecular weight excluding hydrogens is 364 g/mol. The van der Waals surface area contributed by atoms with E-state index in [2.05, 4.69) is 51.3 Å². The van der Waals surface area contributed by atoms with E-state index in [9.17, 15) is 4.79 Å². The Bertz CT molecular complexity index is 1010. The van der Waals surface area contributed by atoms with Gasteiger partial charge in [0, 0.05) is 31.9 Å². The largest absolute Gasteiger partial charge is 0.383 e. The van der Waals surface area contributed by atoms with Gasteiger partial charge >= 0.3 is 0 Å². The summed E-state index contributed by atoms with van der Waals surface area (Å²) in [5.41, 5.74) is 15.9. The zero-order valence-corrected chi connectivity index (χ0v) is 16.4.